The number of nitriles is 1. The molecule has 0 saturated heterocycles. The molecule has 2 aromatic carbocycles. The lowest BCUT2D eigenvalue weighted by molar-refractivity contribution is 0.324. The molecule has 29 heavy (non-hydrogen) atoms. The number of hydrogen-bond acceptors (Lipinski definition) is 7. The molecule has 0 fully saturated rings. The fourth-order valence-corrected chi connectivity index (χ4v) is 3.59. The van der Waals surface area contributed by atoms with Crippen LogP contribution in [0.4, 0.5) is 4.39 Å². The van der Waals surface area contributed by atoms with Crippen molar-refractivity contribution in [2.24, 2.45) is 0 Å². The molecule has 0 aliphatic heterocycles. The number of nitrogens with zero attached hydrogens (tertiary/aromatic N) is 4. The third kappa shape index (κ3) is 4.12. The Hall–Kier alpha value is -3.25. The number of methoxy groups -OCH3 is 3. The van der Waals surface area contributed by atoms with Crippen molar-refractivity contribution in [3.63, 3.8) is 0 Å². The van der Waals surface area contributed by atoms with Gasteiger partial charge in [-0.05, 0) is 24.3 Å². The van der Waals surface area contributed by atoms with E-state index in [1.165, 1.54) is 39.2 Å². The van der Waals surface area contributed by atoms with Gasteiger partial charge in [0.25, 0.3) is 0 Å². The van der Waals surface area contributed by atoms with E-state index in [9.17, 15) is 4.39 Å². The molecule has 0 unspecified atom stereocenters. The van der Waals surface area contributed by atoms with E-state index in [4.69, 9.17) is 19.5 Å². The summed E-state index contributed by atoms with van der Waals surface area (Å²) in [5.41, 5.74) is 0.920. The SMILES string of the molecule is COc1cc(-c2nnc(SCCC#N)n2-c2ccccc2F)cc(OC)c1OC. The van der Waals surface area contributed by atoms with E-state index >= 15 is 0 Å². The summed E-state index contributed by atoms with van der Waals surface area (Å²) in [6, 6.07) is 11.9. The molecule has 0 aliphatic carbocycles. The van der Waals surface area contributed by atoms with Crippen LogP contribution in [0.3, 0.4) is 0 Å². The van der Waals surface area contributed by atoms with Crippen LogP contribution < -0.4 is 14.2 Å². The maximum Gasteiger partial charge on any atom is 0.203 e. The molecular weight excluding hydrogens is 395 g/mol. The van der Waals surface area contributed by atoms with Crippen molar-refractivity contribution in [3.8, 4) is 40.4 Å². The van der Waals surface area contributed by atoms with E-state index in [-0.39, 0.29) is 0 Å². The average molecular weight is 414 g/mol. The molecule has 0 spiro atoms. The molecule has 1 heterocycles. The zero-order valence-corrected chi connectivity index (χ0v) is 17.0. The lowest BCUT2D eigenvalue weighted by Crippen LogP contribution is -2.03. The van der Waals surface area contributed by atoms with Crippen LogP contribution >= 0.6 is 11.8 Å². The van der Waals surface area contributed by atoms with Crippen molar-refractivity contribution in [2.45, 2.75) is 11.6 Å². The first-order valence-electron chi connectivity index (χ1n) is 8.65. The highest BCUT2D eigenvalue weighted by Gasteiger charge is 2.22. The minimum absolute atomic E-state index is 0.306. The third-order valence-electron chi connectivity index (χ3n) is 4.09. The fraction of sp³-hybridized carbons (Fsp3) is 0.250. The van der Waals surface area contributed by atoms with Crippen LogP contribution in [0.1, 0.15) is 6.42 Å². The third-order valence-corrected chi connectivity index (χ3v) is 5.03. The minimum Gasteiger partial charge on any atom is -0.493 e. The van der Waals surface area contributed by atoms with Gasteiger partial charge in [-0.1, -0.05) is 23.9 Å². The van der Waals surface area contributed by atoms with Crippen molar-refractivity contribution in [3.05, 3.63) is 42.2 Å². The van der Waals surface area contributed by atoms with Crippen LogP contribution in [0, 0.1) is 17.1 Å². The Labute approximate surface area is 172 Å². The highest BCUT2D eigenvalue weighted by molar-refractivity contribution is 7.99. The van der Waals surface area contributed by atoms with E-state index in [0.717, 1.165) is 0 Å². The second-order valence-electron chi connectivity index (χ2n) is 5.76. The van der Waals surface area contributed by atoms with Crippen molar-refractivity contribution in [1.29, 1.82) is 5.26 Å². The van der Waals surface area contributed by atoms with E-state index < -0.39 is 5.82 Å². The lowest BCUT2D eigenvalue weighted by atomic mass is 10.1. The van der Waals surface area contributed by atoms with E-state index in [2.05, 4.69) is 16.3 Å². The number of halogens is 1. The summed E-state index contributed by atoms with van der Waals surface area (Å²) in [4.78, 5) is 0. The van der Waals surface area contributed by atoms with Gasteiger partial charge in [-0.25, -0.2) is 4.39 Å². The van der Waals surface area contributed by atoms with Gasteiger partial charge >= 0.3 is 0 Å². The average Bonchev–Trinajstić information content (AvgIpc) is 3.16. The highest BCUT2D eigenvalue weighted by atomic mass is 32.2. The number of ether oxygens (including phenoxy) is 3. The summed E-state index contributed by atoms with van der Waals surface area (Å²) in [7, 11) is 4.56. The molecule has 150 valence electrons. The fourth-order valence-electron chi connectivity index (χ4n) is 2.80. The van der Waals surface area contributed by atoms with Gasteiger partial charge in [0.2, 0.25) is 5.75 Å². The van der Waals surface area contributed by atoms with E-state index in [0.29, 0.717) is 51.7 Å². The van der Waals surface area contributed by atoms with Gasteiger partial charge in [-0.3, -0.25) is 4.57 Å². The van der Waals surface area contributed by atoms with Crippen LogP contribution in [-0.4, -0.2) is 41.8 Å². The second kappa shape index (κ2) is 9.30. The topological polar surface area (TPSA) is 82.2 Å². The highest BCUT2D eigenvalue weighted by Crippen LogP contribution is 2.41. The number of rotatable bonds is 8. The van der Waals surface area contributed by atoms with Gasteiger partial charge in [-0.2, -0.15) is 5.26 Å². The number of thioether (sulfide) groups is 1. The van der Waals surface area contributed by atoms with Crippen molar-refractivity contribution < 1.29 is 18.6 Å². The predicted octanol–water partition coefficient (Wildman–Crippen LogP) is 4.10. The molecule has 0 saturated carbocycles. The Balaban J connectivity index is 2.20. The molecule has 0 N–H and O–H groups in total. The van der Waals surface area contributed by atoms with Gasteiger partial charge in [-0.15, -0.1) is 10.2 Å². The molecule has 3 rings (SSSR count). The normalized spacial score (nSPS) is 10.4. The summed E-state index contributed by atoms with van der Waals surface area (Å²) in [6.45, 7) is 0. The van der Waals surface area contributed by atoms with Crippen LogP contribution in [0.25, 0.3) is 17.1 Å². The quantitative estimate of drug-likeness (QED) is 0.405. The van der Waals surface area contributed by atoms with Crippen molar-refractivity contribution >= 4 is 11.8 Å². The predicted molar refractivity (Wildman–Crippen MR) is 107 cm³/mol. The smallest absolute Gasteiger partial charge is 0.203 e. The number of benzene rings is 2. The van der Waals surface area contributed by atoms with Crippen molar-refractivity contribution in [1.82, 2.24) is 14.8 Å². The molecule has 0 aliphatic rings. The summed E-state index contributed by atoms with van der Waals surface area (Å²) in [5.74, 6) is 1.85. The minimum atomic E-state index is -0.414. The van der Waals surface area contributed by atoms with E-state index in [1.54, 1.807) is 34.9 Å². The van der Waals surface area contributed by atoms with Crippen LogP contribution in [0.2, 0.25) is 0 Å². The molecule has 0 amide bonds. The van der Waals surface area contributed by atoms with Gasteiger partial charge in [0.05, 0.1) is 33.1 Å². The molecule has 1 aromatic heterocycles. The van der Waals surface area contributed by atoms with E-state index in [1.807, 2.05) is 0 Å². The molecule has 7 nitrogen and oxygen atoms in total. The zero-order valence-electron chi connectivity index (χ0n) is 16.2. The maximum atomic E-state index is 14.6. The summed E-state index contributed by atoms with van der Waals surface area (Å²) in [6.07, 6.45) is 0.342. The summed E-state index contributed by atoms with van der Waals surface area (Å²) < 4.78 is 32.4. The Morgan fingerprint density at radius 3 is 2.34 bits per heavy atom. The number of para-hydroxylation sites is 1. The molecule has 0 radical (unpaired) electrons. The van der Waals surface area contributed by atoms with Gasteiger partial charge in [0, 0.05) is 17.7 Å². The first-order chi connectivity index (χ1) is 14.1. The van der Waals surface area contributed by atoms with Crippen LogP contribution in [0.15, 0.2) is 41.6 Å². The maximum absolute atomic E-state index is 14.6. The summed E-state index contributed by atoms with van der Waals surface area (Å²) >= 11 is 1.33. The first kappa shape index (κ1) is 20.5. The monoisotopic (exact) mass is 414 g/mol. The Kier molecular flexibility index (Phi) is 6.57. The summed E-state index contributed by atoms with van der Waals surface area (Å²) in [5, 5.41) is 17.8. The lowest BCUT2D eigenvalue weighted by Gasteiger charge is -2.15. The molecular formula is C20H19FN4O3S. The van der Waals surface area contributed by atoms with Crippen LogP contribution in [0.5, 0.6) is 17.2 Å². The molecule has 0 bridgehead atoms. The Morgan fingerprint density at radius 2 is 1.76 bits per heavy atom. The first-order valence-corrected chi connectivity index (χ1v) is 9.63. The zero-order chi connectivity index (χ0) is 20.8. The van der Waals surface area contributed by atoms with Crippen molar-refractivity contribution in [2.75, 3.05) is 27.1 Å². The van der Waals surface area contributed by atoms with Crippen LogP contribution in [-0.2, 0) is 0 Å². The van der Waals surface area contributed by atoms with Gasteiger partial charge in [0.1, 0.15) is 5.82 Å². The van der Waals surface area contributed by atoms with Gasteiger partial charge < -0.3 is 14.2 Å². The Morgan fingerprint density at radius 1 is 1.07 bits per heavy atom. The standard InChI is InChI=1S/C20H19FN4O3S/c1-26-16-11-13(12-17(27-2)18(16)28-3)19-23-24-20(29-10-6-9-22)25(19)15-8-5-4-7-14(15)21/h4-5,7-8,11-12H,6,10H2,1-3H3. The number of aromatic nitrogens is 3. The number of hydrogen-bond donors (Lipinski definition) is 0. The largest absolute Gasteiger partial charge is 0.493 e. The van der Waals surface area contributed by atoms with Gasteiger partial charge in [0.15, 0.2) is 22.5 Å². The molecule has 0 atom stereocenters. The molecule has 9 heteroatoms. The Bertz CT molecular complexity index is 1020. The second-order valence-corrected chi connectivity index (χ2v) is 6.83. The molecule has 3 aromatic rings.